The van der Waals surface area contributed by atoms with Crippen LogP contribution in [0.4, 0.5) is 0 Å². The van der Waals surface area contributed by atoms with Crippen LogP contribution >= 0.6 is 11.6 Å². The minimum atomic E-state index is -0.828. The van der Waals surface area contributed by atoms with Gasteiger partial charge in [0.1, 0.15) is 12.4 Å². The number of aliphatic carboxylic acids is 1. The van der Waals surface area contributed by atoms with Gasteiger partial charge in [-0.2, -0.15) is 0 Å². The number of carboxylic acids is 1. The average Bonchev–Trinajstić information content (AvgIpc) is 2.39. The highest BCUT2D eigenvalue weighted by Gasteiger charge is 2.18. The number of para-hydroxylation sites is 1. The standard InChI is InChI=1S/C11H12ClNO3/c12-9-3-1-2-8-6-13(7-10(14)15)4-5-16-11(8)9/h1-3H,4-7H2,(H,14,15). The van der Waals surface area contributed by atoms with Crippen LogP contribution in [0.2, 0.25) is 5.02 Å². The summed E-state index contributed by atoms with van der Waals surface area (Å²) in [7, 11) is 0. The van der Waals surface area contributed by atoms with Crippen molar-refractivity contribution >= 4 is 17.6 Å². The van der Waals surface area contributed by atoms with Crippen molar-refractivity contribution in [2.75, 3.05) is 19.7 Å². The van der Waals surface area contributed by atoms with Gasteiger partial charge in [-0.05, 0) is 6.07 Å². The van der Waals surface area contributed by atoms with Crippen molar-refractivity contribution in [1.29, 1.82) is 0 Å². The molecule has 0 spiro atoms. The number of nitrogens with zero attached hydrogens (tertiary/aromatic N) is 1. The molecule has 1 aliphatic heterocycles. The Bertz CT molecular complexity index is 408. The molecule has 0 bridgehead atoms. The summed E-state index contributed by atoms with van der Waals surface area (Å²) < 4.78 is 5.52. The number of carbonyl (C=O) groups is 1. The van der Waals surface area contributed by atoms with Gasteiger partial charge in [-0.1, -0.05) is 23.7 Å². The fourth-order valence-electron chi connectivity index (χ4n) is 1.76. The van der Waals surface area contributed by atoms with E-state index in [9.17, 15) is 4.79 Å². The Kier molecular flexibility index (Phi) is 3.31. The number of benzene rings is 1. The summed E-state index contributed by atoms with van der Waals surface area (Å²) in [6, 6.07) is 5.52. The van der Waals surface area contributed by atoms with Crippen molar-refractivity contribution in [1.82, 2.24) is 4.90 Å². The Morgan fingerprint density at radius 1 is 1.56 bits per heavy atom. The van der Waals surface area contributed by atoms with Crippen LogP contribution in [0.25, 0.3) is 0 Å². The third-order valence-electron chi connectivity index (χ3n) is 2.46. The summed E-state index contributed by atoms with van der Waals surface area (Å²) in [6.45, 7) is 1.64. The second-order valence-corrected chi connectivity index (χ2v) is 4.09. The number of rotatable bonds is 2. The van der Waals surface area contributed by atoms with Gasteiger partial charge in [0.2, 0.25) is 0 Å². The van der Waals surface area contributed by atoms with Crippen LogP contribution < -0.4 is 4.74 Å². The largest absolute Gasteiger partial charge is 0.490 e. The molecule has 1 aliphatic rings. The third kappa shape index (κ3) is 2.46. The van der Waals surface area contributed by atoms with Gasteiger partial charge in [0.25, 0.3) is 0 Å². The molecule has 0 atom stereocenters. The Hall–Kier alpha value is -1.26. The molecule has 0 saturated heterocycles. The second-order valence-electron chi connectivity index (χ2n) is 3.68. The summed E-state index contributed by atoms with van der Waals surface area (Å²) in [6.07, 6.45) is 0. The lowest BCUT2D eigenvalue weighted by atomic mass is 10.2. The van der Waals surface area contributed by atoms with Crippen LogP contribution in [-0.4, -0.2) is 35.7 Å². The van der Waals surface area contributed by atoms with Crippen molar-refractivity contribution in [3.8, 4) is 5.75 Å². The van der Waals surface area contributed by atoms with E-state index in [-0.39, 0.29) is 6.54 Å². The number of carboxylic acid groups (broad SMARTS) is 1. The fourth-order valence-corrected chi connectivity index (χ4v) is 2.01. The molecule has 0 fully saturated rings. The smallest absolute Gasteiger partial charge is 0.317 e. The predicted octanol–water partition coefficient (Wildman–Crippen LogP) is 1.62. The molecule has 0 unspecified atom stereocenters. The molecule has 5 heteroatoms. The molecule has 1 N–H and O–H groups in total. The highest BCUT2D eigenvalue weighted by atomic mass is 35.5. The van der Waals surface area contributed by atoms with E-state index in [1.807, 2.05) is 17.0 Å². The van der Waals surface area contributed by atoms with E-state index in [1.165, 1.54) is 0 Å². The molecular weight excluding hydrogens is 230 g/mol. The van der Waals surface area contributed by atoms with Crippen LogP contribution in [0.1, 0.15) is 5.56 Å². The van der Waals surface area contributed by atoms with Crippen LogP contribution in [0, 0.1) is 0 Å². The molecule has 86 valence electrons. The molecule has 2 rings (SSSR count). The quantitative estimate of drug-likeness (QED) is 0.855. The Morgan fingerprint density at radius 2 is 2.38 bits per heavy atom. The van der Waals surface area contributed by atoms with Gasteiger partial charge in [0, 0.05) is 18.7 Å². The minimum absolute atomic E-state index is 0.0231. The van der Waals surface area contributed by atoms with E-state index in [1.54, 1.807) is 6.07 Å². The van der Waals surface area contributed by atoms with E-state index < -0.39 is 5.97 Å². The summed E-state index contributed by atoms with van der Waals surface area (Å²) >= 11 is 6.01. The first kappa shape index (κ1) is 11.2. The Balaban J connectivity index is 2.21. The van der Waals surface area contributed by atoms with Gasteiger partial charge >= 0.3 is 5.97 Å². The maximum atomic E-state index is 10.7. The zero-order valence-electron chi connectivity index (χ0n) is 8.65. The molecular formula is C11H12ClNO3. The molecule has 1 heterocycles. The van der Waals surface area contributed by atoms with Crippen molar-refractivity contribution in [3.05, 3.63) is 28.8 Å². The maximum Gasteiger partial charge on any atom is 0.317 e. The highest BCUT2D eigenvalue weighted by molar-refractivity contribution is 6.32. The zero-order valence-corrected chi connectivity index (χ0v) is 9.41. The van der Waals surface area contributed by atoms with E-state index in [4.69, 9.17) is 21.4 Å². The second kappa shape index (κ2) is 4.72. The number of hydrogen-bond donors (Lipinski definition) is 1. The first-order valence-electron chi connectivity index (χ1n) is 5.01. The Morgan fingerprint density at radius 3 is 3.12 bits per heavy atom. The first-order chi connectivity index (χ1) is 7.66. The van der Waals surface area contributed by atoms with Crippen molar-refractivity contribution in [3.63, 3.8) is 0 Å². The van der Waals surface area contributed by atoms with Gasteiger partial charge in [-0.15, -0.1) is 0 Å². The topological polar surface area (TPSA) is 49.8 Å². The van der Waals surface area contributed by atoms with Gasteiger partial charge < -0.3 is 9.84 Å². The number of halogens is 1. The lowest BCUT2D eigenvalue weighted by Gasteiger charge is -2.16. The number of hydrogen-bond acceptors (Lipinski definition) is 3. The van der Waals surface area contributed by atoms with E-state index in [0.29, 0.717) is 30.5 Å². The van der Waals surface area contributed by atoms with Gasteiger partial charge in [0.15, 0.2) is 0 Å². The third-order valence-corrected chi connectivity index (χ3v) is 2.75. The van der Waals surface area contributed by atoms with Crippen LogP contribution in [0.15, 0.2) is 18.2 Å². The molecule has 1 aromatic rings. The SMILES string of the molecule is O=C(O)CN1CCOc2c(Cl)cccc2C1. The monoisotopic (exact) mass is 241 g/mol. The number of ether oxygens (including phenoxy) is 1. The first-order valence-corrected chi connectivity index (χ1v) is 5.39. The normalized spacial score (nSPS) is 16.1. The number of fused-ring (bicyclic) bond motifs is 1. The molecule has 0 aromatic heterocycles. The molecule has 0 radical (unpaired) electrons. The molecule has 4 nitrogen and oxygen atoms in total. The van der Waals surface area contributed by atoms with E-state index >= 15 is 0 Å². The van der Waals surface area contributed by atoms with Crippen molar-refractivity contribution in [2.45, 2.75) is 6.54 Å². The summed E-state index contributed by atoms with van der Waals surface area (Å²) in [5.74, 6) is -0.150. The summed E-state index contributed by atoms with van der Waals surface area (Å²) in [5, 5.41) is 9.33. The van der Waals surface area contributed by atoms with Gasteiger partial charge in [-0.25, -0.2) is 0 Å². The van der Waals surface area contributed by atoms with Crippen LogP contribution in [-0.2, 0) is 11.3 Å². The highest BCUT2D eigenvalue weighted by Crippen LogP contribution is 2.30. The van der Waals surface area contributed by atoms with Crippen LogP contribution in [0.5, 0.6) is 5.75 Å². The van der Waals surface area contributed by atoms with Gasteiger partial charge in [0.05, 0.1) is 11.6 Å². The summed E-state index contributed by atoms with van der Waals surface area (Å²) in [5.41, 5.74) is 0.936. The van der Waals surface area contributed by atoms with E-state index in [0.717, 1.165) is 5.56 Å². The molecule has 0 amide bonds. The average molecular weight is 242 g/mol. The minimum Gasteiger partial charge on any atom is -0.490 e. The summed E-state index contributed by atoms with van der Waals surface area (Å²) in [4.78, 5) is 12.5. The molecule has 0 saturated carbocycles. The molecule has 0 aliphatic carbocycles. The molecule has 16 heavy (non-hydrogen) atoms. The lowest BCUT2D eigenvalue weighted by molar-refractivity contribution is -0.138. The van der Waals surface area contributed by atoms with Gasteiger partial charge in [-0.3, -0.25) is 9.69 Å². The van der Waals surface area contributed by atoms with E-state index in [2.05, 4.69) is 0 Å². The fraction of sp³-hybridized carbons (Fsp3) is 0.364. The predicted molar refractivity (Wildman–Crippen MR) is 59.9 cm³/mol. The van der Waals surface area contributed by atoms with Crippen LogP contribution in [0.3, 0.4) is 0 Å². The molecule has 1 aromatic carbocycles. The lowest BCUT2D eigenvalue weighted by Crippen LogP contribution is -2.31. The van der Waals surface area contributed by atoms with Crippen molar-refractivity contribution in [2.24, 2.45) is 0 Å². The maximum absolute atomic E-state index is 10.7. The van der Waals surface area contributed by atoms with Crippen molar-refractivity contribution < 1.29 is 14.6 Å². The zero-order chi connectivity index (χ0) is 11.5. The Labute approximate surface area is 98.4 Å².